The van der Waals surface area contributed by atoms with Crippen molar-refractivity contribution in [3.05, 3.63) is 113 Å². The first-order valence-corrected chi connectivity index (χ1v) is 12.5. The number of carbonyl (C=O) groups is 3. The number of benzene rings is 3. The van der Waals surface area contributed by atoms with E-state index < -0.39 is 23.9 Å². The van der Waals surface area contributed by atoms with E-state index in [-0.39, 0.29) is 19.8 Å². The molecule has 3 aromatic rings. The van der Waals surface area contributed by atoms with Crippen LogP contribution in [0.25, 0.3) is 6.08 Å². The summed E-state index contributed by atoms with van der Waals surface area (Å²) in [6.45, 7) is 2.14. The largest absolute Gasteiger partial charge is 0.445 e. The van der Waals surface area contributed by atoms with Gasteiger partial charge in [-0.2, -0.15) is 0 Å². The van der Waals surface area contributed by atoms with Gasteiger partial charge >= 0.3 is 6.09 Å². The van der Waals surface area contributed by atoms with Crippen molar-refractivity contribution in [1.29, 1.82) is 0 Å². The van der Waals surface area contributed by atoms with E-state index in [0.29, 0.717) is 0 Å². The monoisotopic (exact) mass is 515 g/mol. The van der Waals surface area contributed by atoms with E-state index >= 15 is 0 Å². The molecule has 0 heterocycles. The Hall–Kier alpha value is -4.43. The third-order valence-corrected chi connectivity index (χ3v) is 5.50. The highest BCUT2D eigenvalue weighted by molar-refractivity contribution is 5.92. The van der Waals surface area contributed by atoms with E-state index in [4.69, 9.17) is 9.57 Å². The highest BCUT2D eigenvalue weighted by atomic mass is 16.7. The Morgan fingerprint density at radius 1 is 0.816 bits per heavy atom. The van der Waals surface area contributed by atoms with Crippen molar-refractivity contribution in [1.82, 2.24) is 16.1 Å². The number of amides is 3. The standard InChI is InChI=1S/C30H33N3O5/c1-2-9-23-14-16-24(17-15-23)18-19-28(34)31-20-27(29(35)33-38-22-26-12-7-4-8-13-26)32-30(36)37-21-25-10-5-3-6-11-25/h3-8,10-19,27H,2,9,20-22H2,1H3,(H,31,34)(H,32,36)(H,33,35)/t27-/m0/s1. The minimum Gasteiger partial charge on any atom is -0.445 e. The van der Waals surface area contributed by atoms with Crippen LogP contribution in [0.1, 0.15) is 35.6 Å². The average Bonchev–Trinajstić information content (AvgIpc) is 2.95. The van der Waals surface area contributed by atoms with Crippen molar-refractivity contribution in [2.45, 2.75) is 39.0 Å². The van der Waals surface area contributed by atoms with Crippen LogP contribution in [0.3, 0.4) is 0 Å². The number of aryl methyl sites for hydroxylation is 1. The van der Waals surface area contributed by atoms with Crippen LogP contribution in [-0.4, -0.2) is 30.5 Å². The zero-order valence-electron chi connectivity index (χ0n) is 21.4. The third kappa shape index (κ3) is 10.3. The highest BCUT2D eigenvalue weighted by Crippen LogP contribution is 2.08. The molecule has 0 radical (unpaired) electrons. The van der Waals surface area contributed by atoms with Gasteiger partial charge in [0, 0.05) is 12.6 Å². The second-order valence-electron chi connectivity index (χ2n) is 8.57. The quantitative estimate of drug-likeness (QED) is 0.232. The predicted octanol–water partition coefficient (Wildman–Crippen LogP) is 4.31. The molecule has 0 aliphatic rings. The summed E-state index contributed by atoms with van der Waals surface area (Å²) in [5.41, 5.74) is 6.11. The number of alkyl carbamates (subject to hydrolysis) is 1. The fourth-order valence-corrected chi connectivity index (χ4v) is 3.47. The van der Waals surface area contributed by atoms with Gasteiger partial charge in [-0.1, -0.05) is 98.3 Å². The topological polar surface area (TPSA) is 106 Å². The fraction of sp³-hybridized carbons (Fsp3) is 0.233. The zero-order chi connectivity index (χ0) is 27.0. The summed E-state index contributed by atoms with van der Waals surface area (Å²) in [5.74, 6) is -1.04. The van der Waals surface area contributed by atoms with Crippen molar-refractivity contribution in [2.24, 2.45) is 0 Å². The van der Waals surface area contributed by atoms with Crippen LogP contribution in [0.5, 0.6) is 0 Å². The molecule has 0 bridgehead atoms. The molecule has 0 aliphatic heterocycles. The summed E-state index contributed by atoms with van der Waals surface area (Å²) < 4.78 is 5.22. The van der Waals surface area contributed by atoms with Gasteiger partial charge in [0.25, 0.3) is 5.91 Å². The number of ether oxygens (including phenoxy) is 1. The maximum Gasteiger partial charge on any atom is 0.408 e. The first-order valence-electron chi connectivity index (χ1n) is 12.5. The molecule has 3 N–H and O–H groups in total. The van der Waals surface area contributed by atoms with Crippen LogP contribution in [0, 0.1) is 0 Å². The molecule has 1 atom stereocenters. The van der Waals surface area contributed by atoms with Gasteiger partial charge < -0.3 is 15.4 Å². The summed E-state index contributed by atoms with van der Waals surface area (Å²) in [4.78, 5) is 42.8. The van der Waals surface area contributed by atoms with Gasteiger partial charge in [0.05, 0.1) is 6.61 Å². The summed E-state index contributed by atoms with van der Waals surface area (Å²) in [7, 11) is 0. The molecule has 0 aliphatic carbocycles. The molecular weight excluding hydrogens is 482 g/mol. The minimum absolute atomic E-state index is 0.0393. The van der Waals surface area contributed by atoms with Crippen molar-refractivity contribution >= 4 is 24.0 Å². The van der Waals surface area contributed by atoms with Gasteiger partial charge in [-0.15, -0.1) is 0 Å². The lowest BCUT2D eigenvalue weighted by atomic mass is 10.1. The fourth-order valence-electron chi connectivity index (χ4n) is 3.47. The molecule has 3 aromatic carbocycles. The van der Waals surface area contributed by atoms with Gasteiger partial charge in [0.15, 0.2) is 0 Å². The maximum atomic E-state index is 12.7. The zero-order valence-corrected chi connectivity index (χ0v) is 21.4. The van der Waals surface area contributed by atoms with Gasteiger partial charge in [-0.25, -0.2) is 10.3 Å². The molecule has 3 amide bonds. The Labute approximate surface area is 223 Å². The van der Waals surface area contributed by atoms with Gasteiger partial charge in [-0.3, -0.25) is 14.4 Å². The lowest BCUT2D eigenvalue weighted by Gasteiger charge is -2.18. The van der Waals surface area contributed by atoms with Crippen molar-refractivity contribution < 1.29 is 24.0 Å². The number of hydrogen-bond acceptors (Lipinski definition) is 5. The number of rotatable bonds is 13. The minimum atomic E-state index is -1.13. The molecule has 0 fully saturated rings. The molecule has 3 rings (SSSR count). The lowest BCUT2D eigenvalue weighted by Crippen LogP contribution is -2.52. The van der Waals surface area contributed by atoms with Gasteiger partial charge in [0.1, 0.15) is 12.6 Å². The second kappa shape index (κ2) is 15.6. The predicted molar refractivity (Wildman–Crippen MR) is 145 cm³/mol. The van der Waals surface area contributed by atoms with E-state index in [1.165, 1.54) is 11.6 Å². The molecule has 0 aromatic heterocycles. The molecular formula is C30H33N3O5. The van der Waals surface area contributed by atoms with E-state index in [0.717, 1.165) is 29.5 Å². The third-order valence-electron chi connectivity index (χ3n) is 5.50. The molecule has 8 nitrogen and oxygen atoms in total. The van der Waals surface area contributed by atoms with E-state index in [1.54, 1.807) is 6.08 Å². The summed E-state index contributed by atoms with van der Waals surface area (Å²) >= 11 is 0. The van der Waals surface area contributed by atoms with E-state index in [1.807, 2.05) is 84.9 Å². The lowest BCUT2D eigenvalue weighted by molar-refractivity contribution is -0.136. The molecule has 0 saturated carbocycles. The average molecular weight is 516 g/mol. The van der Waals surface area contributed by atoms with E-state index in [2.05, 4.69) is 23.0 Å². The normalized spacial score (nSPS) is 11.5. The maximum absolute atomic E-state index is 12.7. The first kappa shape index (κ1) is 28.1. The Morgan fingerprint density at radius 3 is 2.08 bits per heavy atom. The summed E-state index contributed by atoms with van der Waals surface area (Å²) in [6.07, 6.45) is 4.34. The van der Waals surface area contributed by atoms with Crippen molar-refractivity contribution in [2.75, 3.05) is 6.54 Å². The SMILES string of the molecule is CCCc1ccc(C=CC(=O)NC[C@H](NC(=O)OCc2ccccc2)C(=O)NOCc2ccccc2)cc1. The summed E-state index contributed by atoms with van der Waals surface area (Å²) in [5, 5.41) is 5.13. The number of hydrogen-bond donors (Lipinski definition) is 3. The van der Waals surface area contributed by atoms with Crippen LogP contribution in [0.15, 0.2) is 91.0 Å². The molecule has 8 heteroatoms. The molecule has 0 unspecified atom stereocenters. The van der Waals surface area contributed by atoms with Gasteiger partial charge in [0.2, 0.25) is 5.91 Å². The van der Waals surface area contributed by atoms with Crippen LogP contribution in [-0.2, 0) is 38.8 Å². The van der Waals surface area contributed by atoms with Crippen LogP contribution in [0.4, 0.5) is 4.79 Å². The second-order valence-corrected chi connectivity index (χ2v) is 8.57. The Kier molecular flexibility index (Phi) is 11.6. The van der Waals surface area contributed by atoms with Crippen LogP contribution >= 0.6 is 0 Å². The summed E-state index contributed by atoms with van der Waals surface area (Å²) in [6, 6.07) is 25.3. The molecule has 0 spiro atoms. The van der Waals surface area contributed by atoms with Crippen molar-refractivity contribution in [3.63, 3.8) is 0 Å². The smallest absolute Gasteiger partial charge is 0.408 e. The van der Waals surface area contributed by atoms with Gasteiger partial charge in [-0.05, 0) is 34.8 Å². The molecule has 38 heavy (non-hydrogen) atoms. The molecule has 198 valence electrons. The Bertz CT molecular complexity index is 1180. The van der Waals surface area contributed by atoms with Crippen LogP contribution in [0.2, 0.25) is 0 Å². The van der Waals surface area contributed by atoms with Crippen molar-refractivity contribution in [3.8, 4) is 0 Å². The Morgan fingerprint density at radius 2 is 1.45 bits per heavy atom. The number of hydroxylamine groups is 1. The molecule has 0 saturated heterocycles. The Balaban J connectivity index is 1.54. The first-order chi connectivity index (χ1) is 18.5. The number of nitrogens with one attached hydrogen (secondary N) is 3. The highest BCUT2D eigenvalue weighted by Gasteiger charge is 2.22. The van der Waals surface area contributed by atoms with E-state index in [9.17, 15) is 14.4 Å². The van der Waals surface area contributed by atoms with Crippen LogP contribution < -0.4 is 16.1 Å². The number of carbonyl (C=O) groups excluding carboxylic acids is 3.